The second-order valence-electron chi connectivity index (χ2n) is 4.91. The number of rotatable bonds is 3. The Balaban J connectivity index is 1.84. The number of anilines is 1. The molecular formula is C13H14FN5O. The van der Waals surface area contributed by atoms with Crippen LogP contribution in [-0.4, -0.2) is 32.7 Å². The first-order chi connectivity index (χ1) is 9.56. The monoisotopic (exact) mass is 275 g/mol. The van der Waals surface area contributed by atoms with Gasteiger partial charge in [-0.15, -0.1) is 0 Å². The molecule has 1 fully saturated rings. The lowest BCUT2D eigenvalue weighted by Gasteiger charge is -2.12. The van der Waals surface area contributed by atoms with E-state index in [4.69, 9.17) is 0 Å². The molecule has 2 heterocycles. The van der Waals surface area contributed by atoms with E-state index in [1.165, 1.54) is 4.90 Å². The molecule has 0 aliphatic heterocycles. The Kier molecular flexibility index (Phi) is 2.96. The fourth-order valence-corrected chi connectivity index (χ4v) is 2.02. The summed E-state index contributed by atoms with van der Waals surface area (Å²) in [6.45, 7) is 1.93. The summed E-state index contributed by atoms with van der Waals surface area (Å²) in [7, 11) is 1.54. The summed E-state index contributed by atoms with van der Waals surface area (Å²) in [4.78, 5) is 21.1. The first-order valence-corrected chi connectivity index (χ1v) is 6.38. The van der Waals surface area contributed by atoms with Crippen molar-refractivity contribution in [2.24, 2.45) is 0 Å². The van der Waals surface area contributed by atoms with Crippen molar-refractivity contribution < 1.29 is 9.18 Å². The zero-order valence-electron chi connectivity index (χ0n) is 11.2. The van der Waals surface area contributed by atoms with Gasteiger partial charge in [0.15, 0.2) is 11.5 Å². The van der Waals surface area contributed by atoms with E-state index < -0.39 is 5.82 Å². The number of hydrogen-bond acceptors (Lipinski definition) is 4. The summed E-state index contributed by atoms with van der Waals surface area (Å²) in [6, 6.07) is 2.17. The largest absolute Gasteiger partial charge is 0.280 e. The van der Waals surface area contributed by atoms with Crippen LogP contribution in [0.25, 0.3) is 0 Å². The molecule has 0 spiro atoms. The van der Waals surface area contributed by atoms with E-state index in [9.17, 15) is 9.18 Å². The minimum atomic E-state index is -0.538. The molecule has 104 valence electrons. The Bertz CT molecular complexity index is 647. The fourth-order valence-electron chi connectivity index (χ4n) is 2.02. The third kappa shape index (κ3) is 2.26. The molecule has 1 aliphatic rings. The maximum atomic E-state index is 12.8. The van der Waals surface area contributed by atoms with Gasteiger partial charge in [-0.2, -0.15) is 5.10 Å². The first-order valence-electron chi connectivity index (χ1n) is 6.38. The molecule has 1 saturated carbocycles. The minimum Gasteiger partial charge on any atom is -0.278 e. The van der Waals surface area contributed by atoms with Gasteiger partial charge in [0.05, 0.1) is 18.4 Å². The summed E-state index contributed by atoms with van der Waals surface area (Å²) in [5.74, 6) is -0.697. The number of nitrogens with zero attached hydrogens (tertiary/aromatic N) is 5. The summed E-state index contributed by atoms with van der Waals surface area (Å²) < 4.78 is 14.7. The summed E-state index contributed by atoms with van der Waals surface area (Å²) in [5, 5.41) is 4.33. The number of aromatic nitrogens is 4. The molecule has 1 amide bonds. The molecular weight excluding hydrogens is 261 g/mol. The maximum Gasteiger partial charge on any atom is 0.280 e. The van der Waals surface area contributed by atoms with Crippen molar-refractivity contribution in [3.05, 3.63) is 35.7 Å². The van der Waals surface area contributed by atoms with Crippen molar-refractivity contribution >= 4 is 11.9 Å². The topological polar surface area (TPSA) is 63.9 Å². The zero-order chi connectivity index (χ0) is 14.3. The maximum absolute atomic E-state index is 12.8. The number of amides is 1. The summed E-state index contributed by atoms with van der Waals surface area (Å²) in [5.41, 5.74) is 1.31. The average Bonchev–Trinajstić information content (AvgIpc) is 3.21. The SMILES string of the molecule is Cc1cc(C(=O)N(C)c2ncc(F)cn2)nn1C1CC1. The molecule has 0 unspecified atom stereocenters. The third-order valence-corrected chi connectivity index (χ3v) is 3.25. The van der Waals surface area contributed by atoms with E-state index in [0.717, 1.165) is 30.9 Å². The van der Waals surface area contributed by atoms with Crippen LogP contribution in [0.5, 0.6) is 0 Å². The number of carbonyl (C=O) groups is 1. The van der Waals surface area contributed by atoms with Crippen LogP contribution in [0.3, 0.4) is 0 Å². The van der Waals surface area contributed by atoms with Crippen LogP contribution in [0.1, 0.15) is 35.1 Å². The predicted octanol–water partition coefficient (Wildman–Crippen LogP) is 1.73. The van der Waals surface area contributed by atoms with Gasteiger partial charge in [0.1, 0.15) is 0 Å². The van der Waals surface area contributed by atoms with Crippen molar-refractivity contribution in [1.82, 2.24) is 19.7 Å². The average molecular weight is 275 g/mol. The van der Waals surface area contributed by atoms with Crippen molar-refractivity contribution in [2.45, 2.75) is 25.8 Å². The predicted molar refractivity (Wildman–Crippen MR) is 70.0 cm³/mol. The normalized spacial score (nSPS) is 14.3. The van der Waals surface area contributed by atoms with Crippen molar-refractivity contribution in [3.8, 4) is 0 Å². The van der Waals surface area contributed by atoms with E-state index in [0.29, 0.717) is 11.7 Å². The lowest BCUT2D eigenvalue weighted by Crippen LogP contribution is -2.28. The molecule has 0 N–H and O–H groups in total. The minimum absolute atomic E-state index is 0.148. The molecule has 2 aromatic heterocycles. The fraction of sp³-hybridized carbons (Fsp3) is 0.385. The van der Waals surface area contributed by atoms with Gasteiger partial charge in [-0.05, 0) is 25.8 Å². The Morgan fingerprint density at radius 1 is 1.40 bits per heavy atom. The van der Waals surface area contributed by atoms with Gasteiger partial charge in [-0.25, -0.2) is 14.4 Å². The van der Waals surface area contributed by atoms with Crippen molar-refractivity contribution in [3.63, 3.8) is 0 Å². The lowest BCUT2D eigenvalue weighted by atomic mass is 10.3. The van der Waals surface area contributed by atoms with E-state index in [1.54, 1.807) is 13.1 Å². The Hall–Kier alpha value is -2.31. The van der Waals surface area contributed by atoms with Gasteiger partial charge in [0.25, 0.3) is 5.91 Å². The Labute approximate surface area is 115 Å². The second kappa shape index (κ2) is 4.66. The zero-order valence-corrected chi connectivity index (χ0v) is 11.2. The highest BCUT2D eigenvalue weighted by atomic mass is 19.1. The van der Waals surface area contributed by atoms with Gasteiger partial charge in [-0.3, -0.25) is 14.4 Å². The van der Waals surface area contributed by atoms with Crippen LogP contribution in [0, 0.1) is 12.7 Å². The van der Waals surface area contributed by atoms with Crippen LogP contribution in [-0.2, 0) is 0 Å². The smallest absolute Gasteiger partial charge is 0.278 e. The number of carbonyl (C=O) groups excluding carboxylic acids is 1. The number of halogens is 1. The standard InChI is InChI=1S/C13H14FN5O/c1-8-5-11(17-19(8)10-3-4-10)12(20)18(2)13-15-6-9(14)7-16-13/h5-7,10H,3-4H2,1-2H3. The van der Waals surface area contributed by atoms with E-state index >= 15 is 0 Å². The van der Waals surface area contributed by atoms with Crippen LogP contribution >= 0.6 is 0 Å². The molecule has 7 heteroatoms. The highest BCUT2D eigenvalue weighted by molar-refractivity contribution is 6.03. The molecule has 20 heavy (non-hydrogen) atoms. The summed E-state index contributed by atoms with van der Waals surface area (Å²) in [6.07, 6.45) is 4.26. The number of aryl methyl sites for hydroxylation is 1. The van der Waals surface area contributed by atoms with Gasteiger partial charge < -0.3 is 0 Å². The molecule has 0 saturated heterocycles. The van der Waals surface area contributed by atoms with Gasteiger partial charge in [0, 0.05) is 12.7 Å². The third-order valence-electron chi connectivity index (χ3n) is 3.25. The molecule has 2 aromatic rings. The molecule has 0 bridgehead atoms. The van der Waals surface area contributed by atoms with Crippen molar-refractivity contribution in [2.75, 3.05) is 11.9 Å². The van der Waals surface area contributed by atoms with Crippen LogP contribution in [0.15, 0.2) is 18.5 Å². The van der Waals surface area contributed by atoms with E-state index in [1.807, 2.05) is 11.6 Å². The van der Waals surface area contributed by atoms with Crippen LogP contribution in [0.4, 0.5) is 10.3 Å². The lowest BCUT2D eigenvalue weighted by molar-refractivity contribution is 0.0986. The molecule has 3 rings (SSSR count). The van der Waals surface area contributed by atoms with Gasteiger partial charge >= 0.3 is 0 Å². The molecule has 0 aromatic carbocycles. The van der Waals surface area contributed by atoms with E-state index in [-0.39, 0.29) is 11.9 Å². The second-order valence-corrected chi connectivity index (χ2v) is 4.91. The highest BCUT2D eigenvalue weighted by Gasteiger charge is 2.28. The van der Waals surface area contributed by atoms with Gasteiger partial charge in [-0.1, -0.05) is 0 Å². The van der Waals surface area contributed by atoms with Crippen molar-refractivity contribution in [1.29, 1.82) is 0 Å². The summed E-state index contributed by atoms with van der Waals surface area (Å²) >= 11 is 0. The number of hydrogen-bond donors (Lipinski definition) is 0. The first kappa shape index (κ1) is 12.7. The van der Waals surface area contributed by atoms with E-state index in [2.05, 4.69) is 15.1 Å². The molecule has 0 atom stereocenters. The highest BCUT2D eigenvalue weighted by Crippen LogP contribution is 2.35. The van der Waals surface area contributed by atoms with Crippen LogP contribution in [0.2, 0.25) is 0 Å². The molecule has 6 nitrogen and oxygen atoms in total. The quantitative estimate of drug-likeness (QED) is 0.855. The van der Waals surface area contributed by atoms with Gasteiger partial charge in [0.2, 0.25) is 5.95 Å². The Morgan fingerprint density at radius 3 is 2.65 bits per heavy atom. The Morgan fingerprint density at radius 2 is 2.05 bits per heavy atom. The van der Waals surface area contributed by atoms with Crippen LogP contribution < -0.4 is 4.90 Å². The molecule has 1 aliphatic carbocycles. The molecule has 0 radical (unpaired) electrons.